The lowest BCUT2D eigenvalue weighted by Crippen LogP contribution is -2.36. The summed E-state index contributed by atoms with van der Waals surface area (Å²) in [4.78, 5) is 27.8. The number of carbonyl (C=O) groups is 2. The number of rotatable bonds is 6. The number of benzene rings is 3. The van der Waals surface area contributed by atoms with Gasteiger partial charge in [0.1, 0.15) is 23.1 Å². The van der Waals surface area contributed by atoms with Gasteiger partial charge in [-0.1, -0.05) is 30.3 Å². The first-order chi connectivity index (χ1) is 17.0. The molecule has 5 rings (SSSR count). The molecule has 35 heavy (non-hydrogen) atoms. The van der Waals surface area contributed by atoms with E-state index in [4.69, 9.17) is 9.47 Å². The lowest BCUT2D eigenvalue weighted by atomic mass is 9.95. The molecule has 2 unspecified atom stereocenters. The minimum Gasteiger partial charge on any atom is -0.507 e. The van der Waals surface area contributed by atoms with Gasteiger partial charge in [-0.15, -0.1) is 0 Å². The number of hydrogen-bond donors (Lipinski definition) is 1. The molecule has 2 aliphatic heterocycles. The molecule has 2 fully saturated rings. The van der Waals surface area contributed by atoms with Crippen molar-refractivity contribution < 1.29 is 28.6 Å². The van der Waals surface area contributed by atoms with Crippen molar-refractivity contribution in [3.05, 3.63) is 101 Å². The predicted molar refractivity (Wildman–Crippen MR) is 127 cm³/mol. The van der Waals surface area contributed by atoms with Gasteiger partial charge in [-0.2, -0.15) is 0 Å². The molecule has 0 saturated carbocycles. The molecular weight excluding hydrogens is 449 g/mol. The van der Waals surface area contributed by atoms with Gasteiger partial charge in [0.05, 0.1) is 17.7 Å². The fourth-order valence-corrected chi connectivity index (χ4v) is 4.56. The van der Waals surface area contributed by atoms with E-state index in [1.807, 2.05) is 30.3 Å². The number of amides is 1. The molecule has 0 bridgehead atoms. The second-order valence-electron chi connectivity index (χ2n) is 8.58. The summed E-state index contributed by atoms with van der Waals surface area (Å²) >= 11 is 0. The predicted octanol–water partition coefficient (Wildman–Crippen LogP) is 5.22. The normalized spacial score (nSPS) is 21.5. The molecule has 1 amide bonds. The number of nitrogens with zero attached hydrogens (tertiary/aromatic N) is 1. The van der Waals surface area contributed by atoms with E-state index in [-0.39, 0.29) is 29.5 Å². The molecule has 0 aliphatic carbocycles. The highest BCUT2D eigenvalue weighted by Crippen LogP contribution is 2.41. The molecule has 3 aromatic rings. The maximum Gasteiger partial charge on any atom is 0.295 e. The second kappa shape index (κ2) is 9.72. The van der Waals surface area contributed by atoms with Crippen molar-refractivity contribution in [2.24, 2.45) is 0 Å². The van der Waals surface area contributed by atoms with E-state index >= 15 is 0 Å². The van der Waals surface area contributed by atoms with Crippen LogP contribution >= 0.6 is 0 Å². The van der Waals surface area contributed by atoms with Crippen LogP contribution in [-0.4, -0.2) is 41.0 Å². The Bertz CT molecular complexity index is 1270. The van der Waals surface area contributed by atoms with Crippen LogP contribution < -0.4 is 4.74 Å². The number of likely N-dealkylation sites (tertiary alicyclic amines) is 1. The molecule has 0 aromatic heterocycles. The van der Waals surface area contributed by atoms with Gasteiger partial charge in [0, 0.05) is 18.7 Å². The monoisotopic (exact) mass is 473 g/mol. The van der Waals surface area contributed by atoms with Gasteiger partial charge in [-0.05, 0) is 66.9 Å². The van der Waals surface area contributed by atoms with Crippen LogP contribution in [0.1, 0.15) is 30.0 Å². The average molecular weight is 474 g/mol. The summed E-state index contributed by atoms with van der Waals surface area (Å²) in [6, 6.07) is 20.7. The van der Waals surface area contributed by atoms with Crippen molar-refractivity contribution >= 4 is 17.4 Å². The molecule has 1 N–H and O–H groups in total. The molecular formula is C28H24FNO5. The number of aliphatic hydroxyl groups excluding tert-OH is 1. The Morgan fingerprint density at radius 2 is 1.74 bits per heavy atom. The van der Waals surface area contributed by atoms with Crippen molar-refractivity contribution in [2.75, 3.05) is 13.2 Å². The summed E-state index contributed by atoms with van der Waals surface area (Å²) in [7, 11) is 0. The van der Waals surface area contributed by atoms with Crippen LogP contribution in [0.15, 0.2) is 84.4 Å². The summed E-state index contributed by atoms with van der Waals surface area (Å²) in [6.07, 6.45) is 1.48. The molecule has 3 aromatic carbocycles. The number of halogens is 1. The highest BCUT2D eigenvalue weighted by atomic mass is 19.1. The fourth-order valence-electron chi connectivity index (χ4n) is 4.56. The Balaban J connectivity index is 1.58. The minimum absolute atomic E-state index is 0.0449. The van der Waals surface area contributed by atoms with Crippen LogP contribution in [0, 0.1) is 5.82 Å². The van der Waals surface area contributed by atoms with Gasteiger partial charge in [0.25, 0.3) is 11.7 Å². The van der Waals surface area contributed by atoms with Gasteiger partial charge in [-0.3, -0.25) is 9.59 Å². The minimum atomic E-state index is -0.844. The molecule has 2 heterocycles. The highest BCUT2D eigenvalue weighted by Gasteiger charge is 2.47. The van der Waals surface area contributed by atoms with Crippen LogP contribution in [0.25, 0.3) is 5.76 Å². The standard InChI is InChI=1S/C28H24FNO5/c29-20-13-11-18(12-14-20)26(31)24-25(30(28(33)27(24)32)17-23-10-5-15-34-23)19-6-4-9-22(16-19)35-21-7-2-1-3-8-21/h1-4,6-9,11-14,16,23,25,31H,5,10,15,17H2/b26-24-. The highest BCUT2D eigenvalue weighted by molar-refractivity contribution is 6.46. The quantitative estimate of drug-likeness (QED) is 0.302. The van der Waals surface area contributed by atoms with Crippen LogP contribution in [0.5, 0.6) is 11.5 Å². The van der Waals surface area contributed by atoms with E-state index < -0.39 is 23.5 Å². The third-order valence-electron chi connectivity index (χ3n) is 6.23. The number of ketones is 1. The fraction of sp³-hybridized carbons (Fsp3) is 0.214. The Morgan fingerprint density at radius 1 is 1.00 bits per heavy atom. The summed E-state index contributed by atoms with van der Waals surface area (Å²) in [5, 5.41) is 11.1. The third kappa shape index (κ3) is 4.68. The van der Waals surface area contributed by atoms with E-state index in [0.29, 0.717) is 23.7 Å². The number of para-hydroxylation sites is 1. The van der Waals surface area contributed by atoms with Crippen LogP contribution in [0.4, 0.5) is 4.39 Å². The van der Waals surface area contributed by atoms with E-state index in [1.165, 1.54) is 29.2 Å². The van der Waals surface area contributed by atoms with E-state index in [1.54, 1.807) is 24.3 Å². The Morgan fingerprint density at radius 3 is 2.46 bits per heavy atom. The van der Waals surface area contributed by atoms with E-state index in [0.717, 1.165) is 12.8 Å². The maximum absolute atomic E-state index is 13.5. The zero-order valence-electron chi connectivity index (χ0n) is 18.9. The second-order valence-corrected chi connectivity index (χ2v) is 8.58. The molecule has 178 valence electrons. The Labute approximate surface area is 202 Å². The zero-order chi connectivity index (χ0) is 24.4. The SMILES string of the molecule is O=C1C(=O)N(CC2CCCO2)C(c2cccc(Oc3ccccc3)c2)/C1=C(/O)c1ccc(F)cc1. The Kier molecular flexibility index (Phi) is 6.33. The maximum atomic E-state index is 13.5. The number of hydrogen-bond acceptors (Lipinski definition) is 5. The van der Waals surface area contributed by atoms with Crippen molar-refractivity contribution in [2.45, 2.75) is 25.0 Å². The molecule has 7 heteroatoms. The van der Waals surface area contributed by atoms with Gasteiger partial charge >= 0.3 is 0 Å². The van der Waals surface area contributed by atoms with E-state index in [2.05, 4.69) is 0 Å². The molecule has 6 nitrogen and oxygen atoms in total. The van der Waals surface area contributed by atoms with Crippen molar-refractivity contribution in [3.63, 3.8) is 0 Å². The molecule has 0 radical (unpaired) electrons. The van der Waals surface area contributed by atoms with Gasteiger partial charge in [-0.25, -0.2) is 4.39 Å². The summed E-state index contributed by atoms with van der Waals surface area (Å²) in [5.41, 5.74) is 0.818. The number of Topliss-reactive ketones (excluding diaryl/α,β-unsaturated/α-hetero) is 1. The van der Waals surface area contributed by atoms with Gasteiger partial charge in [0.2, 0.25) is 0 Å². The first-order valence-corrected chi connectivity index (χ1v) is 11.5. The smallest absolute Gasteiger partial charge is 0.295 e. The molecule has 2 saturated heterocycles. The summed E-state index contributed by atoms with van der Waals surface area (Å²) in [5.74, 6) is -1.14. The number of aliphatic hydroxyl groups is 1. The molecule has 2 atom stereocenters. The van der Waals surface area contributed by atoms with Crippen molar-refractivity contribution in [3.8, 4) is 11.5 Å². The third-order valence-corrected chi connectivity index (χ3v) is 6.23. The number of ether oxygens (including phenoxy) is 2. The first-order valence-electron chi connectivity index (χ1n) is 11.5. The Hall–Kier alpha value is -3.97. The molecule has 2 aliphatic rings. The average Bonchev–Trinajstić information content (AvgIpc) is 3.47. The van der Waals surface area contributed by atoms with E-state index in [9.17, 15) is 19.1 Å². The van der Waals surface area contributed by atoms with Gasteiger partial charge < -0.3 is 19.5 Å². The summed E-state index contributed by atoms with van der Waals surface area (Å²) in [6.45, 7) is 0.828. The van der Waals surface area contributed by atoms with Crippen molar-refractivity contribution in [1.82, 2.24) is 4.90 Å². The van der Waals surface area contributed by atoms with Crippen LogP contribution in [0.3, 0.4) is 0 Å². The first kappa shape index (κ1) is 22.8. The largest absolute Gasteiger partial charge is 0.507 e. The lowest BCUT2D eigenvalue weighted by molar-refractivity contribution is -0.140. The van der Waals surface area contributed by atoms with Gasteiger partial charge in [0.15, 0.2) is 0 Å². The number of carbonyl (C=O) groups excluding carboxylic acids is 2. The van der Waals surface area contributed by atoms with Crippen LogP contribution in [0.2, 0.25) is 0 Å². The zero-order valence-corrected chi connectivity index (χ0v) is 18.9. The lowest BCUT2D eigenvalue weighted by Gasteiger charge is -2.27. The molecule has 0 spiro atoms. The van der Waals surface area contributed by atoms with Crippen LogP contribution in [-0.2, 0) is 14.3 Å². The van der Waals surface area contributed by atoms with Crippen molar-refractivity contribution in [1.29, 1.82) is 0 Å². The topological polar surface area (TPSA) is 76.1 Å². The summed E-state index contributed by atoms with van der Waals surface area (Å²) < 4.78 is 25.2.